The van der Waals surface area contributed by atoms with Gasteiger partial charge in [0.1, 0.15) is 0 Å². The molecule has 0 amide bonds. The van der Waals surface area contributed by atoms with Gasteiger partial charge < -0.3 is 71.3 Å². The molecule has 0 unspecified atom stereocenters. The van der Waals surface area contributed by atoms with Crippen LogP contribution in [0.2, 0.25) is 0 Å². The molecular formula is C18H33Ni2O16-. The number of rotatable bonds is 4. The fraction of sp³-hybridized carbons (Fsp3) is 0.0556. The fourth-order valence-electron chi connectivity index (χ4n) is 1.62. The predicted octanol–water partition coefficient (Wildman–Crippen LogP) is -3.90. The van der Waals surface area contributed by atoms with E-state index in [-0.39, 0.29) is 101 Å². The largest absolute Gasteiger partial charge is 0.478 e. The molecule has 0 spiro atoms. The number of carboxylic acid groups (broad SMARTS) is 3. The molecule has 16 nitrogen and oxygen atoms in total. The van der Waals surface area contributed by atoms with Gasteiger partial charge in [0.25, 0.3) is 0 Å². The number of hydrogen-bond donors (Lipinski definition) is 3. The molecule has 0 radical (unpaired) electrons. The molecule has 0 fully saturated rings. The van der Waals surface area contributed by atoms with Crippen molar-refractivity contribution in [2.75, 3.05) is 7.11 Å². The molecule has 36 heavy (non-hydrogen) atoms. The Morgan fingerprint density at radius 3 is 0.806 bits per heavy atom. The monoisotopic (exact) mass is 621 g/mol. The van der Waals surface area contributed by atoms with Crippen molar-refractivity contribution in [3.63, 3.8) is 0 Å². The van der Waals surface area contributed by atoms with Crippen LogP contribution in [0.25, 0.3) is 0 Å². The van der Waals surface area contributed by atoms with E-state index in [1.54, 1.807) is 0 Å². The van der Waals surface area contributed by atoms with Crippen molar-refractivity contribution in [1.29, 1.82) is 0 Å². The first-order valence-corrected chi connectivity index (χ1v) is 6.74. The average molecular weight is 623 g/mol. The minimum Gasteiger partial charge on any atom is -0.478 e. The second-order valence-electron chi connectivity index (χ2n) is 4.56. The van der Waals surface area contributed by atoms with Crippen LogP contribution < -0.4 is 0 Å². The van der Waals surface area contributed by atoms with Crippen molar-refractivity contribution in [3.05, 3.63) is 78.2 Å². The summed E-state index contributed by atoms with van der Waals surface area (Å²) in [6.45, 7) is 0. The molecule has 2 rings (SSSR count). The summed E-state index contributed by atoms with van der Waals surface area (Å²) in [4.78, 5) is 42.0. The normalized spacial score (nSPS) is 6.47. The zero-order valence-corrected chi connectivity index (χ0v) is 20.6. The van der Waals surface area contributed by atoms with Gasteiger partial charge in [0.15, 0.2) is 0 Å². The summed E-state index contributed by atoms with van der Waals surface area (Å²) in [7, 11) is 1.27. The summed E-state index contributed by atoms with van der Waals surface area (Å²) in [6, 6.07) is 10.6. The molecule has 0 aliphatic rings. The summed E-state index contributed by atoms with van der Waals surface area (Å²) in [5.41, 5.74) is 0.653. The Morgan fingerprint density at radius 1 is 0.500 bits per heavy atom. The number of carbonyl (C=O) groups is 4. The van der Waals surface area contributed by atoms with Crippen LogP contribution in [0.15, 0.2) is 48.5 Å². The van der Waals surface area contributed by atoms with Gasteiger partial charge in [0.2, 0.25) is 0 Å². The Morgan fingerprint density at radius 2 is 0.667 bits per heavy atom. The topological polar surface area (TPSA) is 390 Å². The van der Waals surface area contributed by atoms with Gasteiger partial charge in [-0.15, -0.1) is 0 Å². The van der Waals surface area contributed by atoms with Gasteiger partial charge in [0.05, 0.1) is 29.4 Å². The molecule has 0 aliphatic carbocycles. The predicted molar refractivity (Wildman–Crippen MR) is 120 cm³/mol. The third-order valence-corrected chi connectivity index (χ3v) is 2.93. The van der Waals surface area contributed by atoms with Crippen LogP contribution in [-0.2, 0) is 37.7 Å². The van der Waals surface area contributed by atoms with Crippen molar-refractivity contribution in [2.24, 2.45) is 0 Å². The van der Waals surface area contributed by atoms with E-state index < -0.39 is 23.9 Å². The number of carboxylic acids is 3. The van der Waals surface area contributed by atoms with Crippen molar-refractivity contribution < 1.29 is 116 Å². The Labute approximate surface area is 225 Å². The van der Waals surface area contributed by atoms with Gasteiger partial charge in [0, 0.05) is 33.0 Å². The van der Waals surface area contributed by atoms with Gasteiger partial charge in [-0.2, -0.15) is 0 Å². The molecule has 0 aliphatic heterocycles. The van der Waals surface area contributed by atoms with Crippen LogP contribution in [-0.4, -0.2) is 90.1 Å². The number of benzene rings is 2. The number of methoxy groups -OCH3 is 1. The first-order chi connectivity index (χ1) is 11.8. The minimum atomic E-state index is -1.06. The van der Waals surface area contributed by atoms with E-state index in [9.17, 15) is 19.2 Å². The first-order valence-electron chi connectivity index (χ1n) is 6.74. The maximum absolute atomic E-state index is 10.9. The number of hydrogen-bond acceptors (Lipinski definition) is 5. The molecule has 0 saturated heterocycles. The smallest absolute Gasteiger partial charge is 0.337 e. The molecule has 2 aromatic carbocycles. The molecular weight excluding hydrogens is 590 g/mol. The number of aromatic carboxylic acids is 3. The van der Waals surface area contributed by atoms with E-state index in [4.69, 9.17) is 15.3 Å². The molecule has 0 heterocycles. The molecule has 0 aromatic heterocycles. The van der Waals surface area contributed by atoms with E-state index in [0.717, 1.165) is 0 Å². The third-order valence-electron chi connectivity index (χ3n) is 2.93. The van der Waals surface area contributed by atoms with Crippen LogP contribution in [0.4, 0.5) is 0 Å². The second-order valence-corrected chi connectivity index (χ2v) is 4.56. The van der Waals surface area contributed by atoms with E-state index in [1.807, 2.05) is 0 Å². The van der Waals surface area contributed by atoms with Crippen molar-refractivity contribution in [2.45, 2.75) is 0 Å². The molecule has 2 aromatic rings. The first kappa shape index (κ1) is 69.8. The van der Waals surface area contributed by atoms with Crippen LogP contribution in [0.5, 0.6) is 0 Å². The van der Waals surface area contributed by atoms with Crippen molar-refractivity contribution >= 4 is 23.9 Å². The number of ether oxygens (including phenoxy) is 1. The van der Waals surface area contributed by atoms with Gasteiger partial charge in [-0.1, -0.05) is 0 Å². The maximum atomic E-state index is 10.9. The van der Waals surface area contributed by atoms with Crippen LogP contribution in [0, 0.1) is 7.43 Å². The van der Waals surface area contributed by atoms with Gasteiger partial charge in [-0.25, -0.2) is 19.2 Å². The Bertz CT molecular complexity index is 765. The zero-order chi connectivity index (χ0) is 19.0. The number of carbonyl (C=O) groups excluding carboxylic acids is 1. The molecule has 222 valence electrons. The maximum Gasteiger partial charge on any atom is 0.337 e. The van der Waals surface area contributed by atoms with Crippen molar-refractivity contribution in [3.8, 4) is 0 Å². The molecule has 19 N–H and O–H groups in total. The second kappa shape index (κ2) is 34.2. The summed E-state index contributed by atoms with van der Waals surface area (Å²) in [5, 5.41) is 25.5. The average Bonchev–Trinajstić information content (AvgIpc) is 2.61. The standard InChI is InChI=1S/C9H8O4.C8H6O4.CH3.2Ni.8H2O/c1-13-9(12)7-4-2-6(3-5-7)8(10)11;9-7(10)5-1-2-6(4-3-5)8(11)12;;;;;;;;;;;/h2-5H,1H3,(H,10,11);1-4H,(H,9,10)(H,11,12);1H3;;;8*1H2/q;;-1;;;;;;;;;;. The zero-order valence-electron chi connectivity index (χ0n) is 18.6. The van der Waals surface area contributed by atoms with Gasteiger partial charge in [-0.05, 0) is 48.5 Å². The van der Waals surface area contributed by atoms with Crippen LogP contribution in [0.3, 0.4) is 0 Å². The van der Waals surface area contributed by atoms with Crippen molar-refractivity contribution in [1.82, 2.24) is 0 Å². The van der Waals surface area contributed by atoms with Gasteiger partial charge in [-0.3, -0.25) is 0 Å². The quantitative estimate of drug-likeness (QED) is 0.171. The molecule has 18 heteroatoms. The molecule has 0 atom stereocenters. The minimum absolute atomic E-state index is 0. The summed E-state index contributed by atoms with van der Waals surface area (Å²) >= 11 is 0. The SMILES string of the molecule is COC(=O)c1ccc(C(=O)O)cc1.O.O.O.O.O.O.O.O.O=C(O)c1ccc(C(=O)O)cc1.[CH3-].[Ni].[Ni]. The molecule has 0 bridgehead atoms. The Kier molecular flexibility index (Phi) is 66.2. The van der Waals surface area contributed by atoms with Crippen LogP contribution in [0.1, 0.15) is 41.4 Å². The summed E-state index contributed by atoms with van der Waals surface area (Å²) in [5.74, 6) is -3.62. The summed E-state index contributed by atoms with van der Waals surface area (Å²) in [6.07, 6.45) is 0. The van der Waals surface area contributed by atoms with E-state index in [2.05, 4.69) is 4.74 Å². The summed E-state index contributed by atoms with van der Waals surface area (Å²) < 4.78 is 4.45. The fourth-order valence-corrected chi connectivity index (χ4v) is 1.62. The molecule has 0 saturated carbocycles. The Hall–Kier alpha value is -3.01. The number of esters is 1. The van der Waals surface area contributed by atoms with E-state index in [0.29, 0.717) is 5.56 Å². The van der Waals surface area contributed by atoms with Gasteiger partial charge >= 0.3 is 23.9 Å². The Balaban J connectivity index is -0.0000000296. The van der Waals surface area contributed by atoms with E-state index in [1.165, 1.54) is 55.6 Å². The van der Waals surface area contributed by atoms with E-state index >= 15 is 0 Å². The van der Waals surface area contributed by atoms with Crippen LogP contribution >= 0.6 is 0 Å². The third kappa shape index (κ3) is 22.8.